The Morgan fingerprint density at radius 3 is 3.07 bits per heavy atom. The zero-order valence-corrected chi connectivity index (χ0v) is 7.86. The molecule has 1 saturated carbocycles. The molecule has 14 heavy (non-hydrogen) atoms. The lowest BCUT2D eigenvalue weighted by Crippen LogP contribution is -2.04. The molecule has 0 bridgehead atoms. The first-order valence-electron chi connectivity index (χ1n) is 5.12. The highest BCUT2D eigenvalue weighted by molar-refractivity contribution is 5.88. The van der Waals surface area contributed by atoms with Gasteiger partial charge in [-0.2, -0.15) is 0 Å². The third kappa shape index (κ3) is 1.07. The Labute approximate surface area is 82.6 Å². The number of benzene rings is 1. The van der Waals surface area contributed by atoms with Crippen molar-refractivity contribution in [2.75, 3.05) is 0 Å². The van der Waals surface area contributed by atoms with Crippen LogP contribution in [0.1, 0.15) is 40.2 Å². The minimum Gasteiger partial charge on any atom is -0.478 e. The van der Waals surface area contributed by atoms with Crippen molar-refractivity contribution < 1.29 is 9.90 Å². The van der Waals surface area contributed by atoms with Crippen LogP contribution in [0.3, 0.4) is 0 Å². The summed E-state index contributed by atoms with van der Waals surface area (Å²) in [7, 11) is 0. The van der Waals surface area contributed by atoms with Crippen LogP contribution in [0.15, 0.2) is 18.2 Å². The molecule has 2 atom stereocenters. The Bertz CT molecular complexity index is 409. The summed E-state index contributed by atoms with van der Waals surface area (Å²) in [6, 6.07) is 5.60. The molecule has 0 amide bonds. The third-order valence-electron chi connectivity index (χ3n) is 3.50. The fraction of sp³-hybridized carbons (Fsp3) is 0.417. The standard InChI is InChI=1S/C12H12O2/c13-12(14)9-4-2-7-1-3-8-5-11(8)10(7)6-9/h2,4,6,8,11H,1,3,5H2,(H,13,14)/t8-,11?/m1/s1. The second-order valence-electron chi connectivity index (χ2n) is 4.36. The average Bonchev–Trinajstić information content (AvgIpc) is 2.95. The monoisotopic (exact) mass is 188 g/mol. The largest absolute Gasteiger partial charge is 0.478 e. The quantitative estimate of drug-likeness (QED) is 0.734. The van der Waals surface area contributed by atoms with E-state index in [4.69, 9.17) is 5.11 Å². The van der Waals surface area contributed by atoms with E-state index in [1.807, 2.05) is 12.1 Å². The molecule has 1 fully saturated rings. The molecular weight excluding hydrogens is 176 g/mol. The fourth-order valence-corrected chi connectivity index (χ4v) is 2.59. The number of fused-ring (bicyclic) bond motifs is 3. The zero-order valence-electron chi connectivity index (χ0n) is 7.86. The SMILES string of the molecule is O=C(O)c1ccc2c(c1)C1C[C@H]1CC2. The number of aromatic carboxylic acids is 1. The molecule has 2 aliphatic rings. The van der Waals surface area contributed by atoms with Gasteiger partial charge in [-0.15, -0.1) is 0 Å². The van der Waals surface area contributed by atoms with Crippen LogP contribution in [0.4, 0.5) is 0 Å². The van der Waals surface area contributed by atoms with Gasteiger partial charge >= 0.3 is 5.97 Å². The molecule has 2 aliphatic carbocycles. The van der Waals surface area contributed by atoms with Gasteiger partial charge in [0.05, 0.1) is 5.56 Å². The summed E-state index contributed by atoms with van der Waals surface area (Å²) in [5.74, 6) is 0.722. The van der Waals surface area contributed by atoms with Gasteiger partial charge in [0.2, 0.25) is 0 Å². The van der Waals surface area contributed by atoms with Crippen LogP contribution in [0.5, 0.6) is 0 Å². The summed E-state index contributed by atoms with van der Waals surface area (Å²) >= 11 is 0. The van der Waals surface area contributed by atoms with Crippen molar-refractivity contribution in [3.05, 3.63) is 34.9 Å². The Morgan fingerprint density at radius 2 is 2.29 bits per heavy atom. The second-order valence-corrected chi connectivity index (χ2v) is 4.36. The van der Waals surface area contributed by atoms with Crippen LogP contribution in [-0.4, -0.2) is 11.1 Å². The van der Waals surface area contributed by atoms with E-state index in [-0.39, 0.29) is 0 Å². The molecule has 2 heteroatoms. The molecule has 0 aliphatic heterocycles. The molecule has 1 aromatic carbocycles. The van der Waals surface area contributed by atoms with Gasteiger partial charge in [0.25, 0.3) is 0 Å². The van der Waals surface area contributed by atoms with Crippen LogP contribution in [0, 0.1) is 5.92 Å². The smallest absolute Gasteiger partial charge is 0.335 e. The first-order valence-corrected chi connectivity index (χ1v) is 5.12. The average molecular weight is 188 g/mol. The van der Waals surface area contributed by atoms with Crippen LogP contribution < -0.4 is 0 Å². The maximum atomic E-state index is 10.8. The predicted octanol–water partition coefficient (Wildman–Crippen LogP) is 2.43. The molecule has 0 spiro atoms. The fourth-order valence-electron chi connectivity index (χ4n) is 2.59. The maximum Gasteiger partial charge on any atom is 0.335 e. The summed E-state index contributed by atoms with van der Waals surface area (Å²) in [4.78, 5) is 10.8. The van der Waals surface area contributed by atoms with Crippen LogP contribution >= 0.6 is 0 Å². The molecule has 0 aromatic heterocycles. The first-order chi connectivity index (χ1) is 6.75. The van der Waals surface area contributed by atoms with Gasteiger partial charge in [0.1, 0.15) is 0 Å². The van der Waals surface area contributed by atoms with Crippen LogP contribution in [0.2, 0.25) is 0 Å². The third-order valence-corrected chi connectivity index (χ3v) is 3.50. The van der Waals surface area contributed by atoms with Crippen molar-refractivity contribution in [1.82, 2.24) is 0 Å². The summed E-state index contributed by atoms with van der Waals surface area (Å²) in [5, 5.41) is 8.89. The molecule has 0 heterocycles. The molecule has 2 nitrogen and oxygen atoms in total. The Balaban J connectivity index is 2.08. The van der Waals surface area contributed by atoms with Crippen molar-refractivity contribution in [2.24, 2.45) is 5.92 Å². The molecule has 1 aromatic rings. The first kappa shape index (κ1) is 8.04. The highest BCUT2D eigenvalue weighted by atomic mass is 16.4. The van der Waals surface area contributed by atoms with Crippen LogP contribution in [0.25, 0.3) is 0 Å². The highest BCUT2D eigenvalue weighted by Gasteiger charge is 2.42. The van der Waals surface area contributed by atoms with Gasteiger partial charge in [0, 0.05) is 0 Å². The lowest BCUT2D eigenvalue weighted by Gasteiger charge is -2.14. The van der Waals surface area contributed by atoms with E-state index in [9.17, 15) is 4.79 Å². The maximum absolute atomic E-state index is 10.8. The van der Waals surface area contributed by atoms with E-state index in [1.54, 1.807) is 6.07 Å². The number of aryl methyl sites for hydroxylation is 1. The lowest BCUT2D eigenvalue weighted by atomic mass is 9.90. The molecule has 3 rings (SSSR count). The van der Waals surface area contributed by atoms with Gasteiger partial charge in [-0.3, -0.25) is 0 Å². The minimum atomic E-state index is -0.810. The van der Waals surface area contributed by atoms with Crippen molar-refractivity contribution in [3.63, 3.8) is 0 Å². The molecule has 72 valence electrons. The summed E-state index contributed by atoms with van der Waals surface area (Å²) < 4.78 is 0. The molecular formula is C12H12O2. The predicted molar refractivity (Wildman–Crippen MR) is 52.6 cm³/mol. The number of rotatable bonds is 1. The van der Waals surface area contributed by atoms with Gasteiger partial charge in [0.15, 0.2) is 0 Å². The minimum absolute atomic E-state index is 0.441. The zero-order chi connectivity index (χ0) is 9.71. The molecule has 1 unspecified atom stereocenters. The van der Waals surface area contributed by atoms with Crippen molar-refractivity contribution in [1.29, 1.82) is 0 Å². The van der Waals surface area contributed by atoms with Crippen molar-refractivity contribution in [2.45, 2.75) is 25.2 Å². The topological polar surface area (TPSA) is 37.3 Å². The van der Waals surface area contributed by atoms with E-state index < -0.39 is 5.97 Å². The number of hydrogen-bond donors (Lipinski definition) is 1. The van der Waals surface area contributed by atoms with Gasteiger partial charge in [-0.25, -0.2) is 4.79 Å². The summed E-state index contributed by atoms with van der Waals surface area (Å²) in [6.07, 6.45) is 3.70. The molecule has 0 saturated heterocycles. The van der Waals surface area contributed by atoms with E-state index in [2.05, 4.69) is 0 Å². The molecule has 1 N–H and O–H groups in total. The summed E-state index contributed by atoms with van der Waals surface area (Å²) in [6.45, 7) is 0. The second kappa shape index (κ2) is 2.59. The van der Waals surface area contributed by atoms with E-state index in [0.29, 0.717) is 11.5 Å². The van der Waals surface area contributed by atoms with Crippen LogP contribution in [-0.2, 0) is 6.42 Å². The number of carboxylic acids is 1. The van der Waals surface area contributed by atoms with E-state index in [0.717, 1.165) is 12.3 Å². The normalized spacial score (nSPS) is 27.7. The number of carbonyl (C=O) groups is 1. The number of hydrogen-bond acceptors (Lipinski definition) is 1. The lowest BCUT2D eigenvalue weighted by molar-refractivity contribution is 0.0696. The van der Waals surface area contributed by atoms with Gasteiger partial charge < -0.3 is 5.11 Å². The number of carboxylic acid groups (broad SMARTS) is 1. The van der Waals surface area contributed by atoms with E-state index in [1.165, 1.54) is 24.0 Å². The Kier molecular flexibility index (Phi) is 1.49. The van der Waals surface area contributed by atoms with Gasteiger partial charge in [-0.1, -0.05) is 6.07 Å². The van der Waals surface area contributed by atoms with Gasteiger partial charge in [-0.05, 0) is 54.4 Å². The van der Waals surface area contributed by atoms with E-state index >= 15 is 0 Å². The van der Waals surface area contributed by atoms with Crippen molar-refractivity contribution >= 4 is 5.97 Å². The highest BCUT2D eigenvalue weighted by Crippen LogP contribution is 2.54. The summed E-state index contributed by atoms with van der Waals surface area (Å²) in [5.41, 5.74) is 3.12. The molecule has 0 radical (unpaired) electrons. The Morgan fingerprint density at radius 1 is 1.43 bits per heavy atom. The Hall–Kier alpha value is -1.31. The van der Waals surface area contributed by atoms with Crippen molar-refractivity contribution in [3.8, 4) is 0 Å².